The van der Waals surface area contributed by atoms with Gasteiger partial charge in [0.2, 0.25) is 0 Å². The molecule has 0 saturated heterocycles. The number of anilines is 1. The predicted molar refractivity (Wildman–Crippen MR) is 47.4 cm³/mol. The quantitative estimate of drug-likeness (QED) is 0.617. The van der Waals surface area contributed by atoms with E-state index in [1.165, 1.54) is 0 Å². The van der Waals surface area contributed by atoms with E-state index in [0.29, 0.717) is 6.73 Å². The molecule has 1 aromatic carbocycles. The number of hydrogen-bond acceptors (Lipinski definition) is 2. The zero-order valence-corrected chi connectivity index (χ0v) is 6.42. The standard InChI is InChI=1S/C9H8N2O/c1-2-8-9(12-5-11-8)6-3-4-10-7(1)6/h1-4,10-11H,5H2. The van der Waals surface area contributed by atoms with Crippen LogP contribution in [0.3, 0.4) is 0 Å². The predicted octanol–water partition coefficient (Wildman–Crippen LogP) is 1.93. The van der Waals surface area contributed by atoms with Gasteiger partial charge in [-0.25, -0.2) is 0 Å². The smallest absolute Gasteiger partial charge is 0.159 e. The second-order valence-corrected chi connectivity index (χ2v) is 2.85. The van der Waals surface area contributed by atoms with Crippen LogP contribution in [0.25, 0.3) is 10.9 Å². The number of aromatic amines is 1. The van der Waals surface area contributed by atoms with Gasteiger partial charge in [-0.2, -0.15) is 0 Å². The minimum Gasteiger partial charge on any atom is -0.470 e. The molecule has 3 nitrogen and oxygen atoms in total. The van der Waals surface area contributed by atoms with E-state index in [-0.39, 0.29) is 0 Å². The molecule has 0 fully saturated rings. The summed E-state index contributed by atoms with van der Waals surface area (Å²) in [5.74, 6) is 0.966. The number of H-pyrrole nitrogens is 1. The number of hydrogen-bond donors (Lipinski definition) is 2. The highest BCUT2D eigenvalue weighted by Crippen LogP contribution is 2.36. The van der Waals surface area contributed by atoms with Crippen molar-refractivity contribution in [3.8, 4) is 5.75 Å². The van der Waals surface area contributed by atoms with Crippen LogP contribution in [0.5, 0.6) is 5.75 Å². The van der Waals surface area contributed by atoms with E-state index < -0.39 is 0 Å². The molecule has 1 aliphatic rings. The zero-order valence-electron chi connectivity index (χ0n) is 6.42. The lowest BCUT2D eigenvalue weighted by atomic mass is 10.2. The Bertz CT molecular complexity index is 433. The summed E-state index contributed by atoms with van der Waals surface area (Å²) in [4.78, 5) is 3.14. The van der Waals surface area contributed by atoms with Crippen molar-refractivity contribution in [1.82, 2.24) is 4.98 Å². The van der Waals surface area contributed by atoms with Crippen LogP contribution >= 0.6 is 0 Å². The van der Waals surface area contributed by atoms with E-state index in [0.717, 1.165) is 22.3 Å². The largest absolute Gasteiger partial charge is 0.470 e. The minimum atomic E-state index is 0.583. The summed E-state index contributed by atoms with van der Waals surface area (Å²) in [5.41, 5.74) is 2.21. The fourth-order valence-electron chi connectivity index (χ4n) is 1.59. The van der Waals surface area contributed by atoms with Gasteiger partial charge in [-0.15, -0.1) is 0 Å². The molecule has 1 aromatic heterocycles. The topological polar surface area (TPSA) is 37.0 Å². The van der Waals surface area contributed by atoms with E-state index in [1.54, 1.807) is 0 Å². The first-order valence-electron chi connectivity index (χ1n) is 3.92. The van der Waals surface area contributed by atoms with Crippen molar-refractivity contribution in [3.05, 3.63) is 24.4 Å². The first kappa shape index (κ1) is 5.94. The molecule has 2 aromatic rings. The minimum absolute atomic E-state index is 0.583. The molecule has 0 unspecified atom stereocenters. The van der Waals surface area contributed by atoms with Gasteiger partial charge in [-0.1, -0.05) is 0 Å². The maximum Gasteiger partial charge on any atom is 0.159 e. The van der Waals surface area contributed by atoms with Gasteiger partial charge in [-0.05, 0) is 18.2 Å². The molecular weight excluding hydrogens is 152 g/mol. The molecule has 0 saturated carbocycles. The maximum atomic E-state index is 5.44. The molecular formula is C9H8N2O. The van der Waals surface area contributed by atoms with E-state index in [1.807, 2.05) is 18.3 Å². The van der Waals surface area contributed by atoms with Gasteiger partial charge in [0.25, 0.3) is 0 Å². The number of benzene rings is 1. The number of aromatic nitrogens is 1. The fourth-order valence-corrected chi connectivity index (χ4v) is 1.59. The summed E-state index contributed by atoms with van der Waals surface area (Å²) >= 11 is 0. The van der Waals surface area contributed by atoms with Crippen LogP contribution in [0.2, 0.25) is 0 Å². The van der Waals surface area contributed by atoms with Crippen molar-refractivity contribution in [3.63, 3.8) is 0 Å². The summed E-state index contributed by atoms with van der Waals surface area (Å²) in [6.07, 6.45) is 1.92. The van der Waals surface area contributed by atoms with Crippen molar-refractivity contribution < 1.29 is 4.74 Å². The normalized spacial score (nSPS) is 14.0. The first-order chi connectivity index (χ1) is 5.95. The van der Waals surface area contributed by atoms with Crippen molar-refractivity contribution >= 4 is 16.6 Å². The first-order valence-corrected chi connectivity index (χ1v) is 3.92. The average molecular weight is 160 g/mol. The lowest BCUT2D eigenvalue weighted by Gasteiger charge is -1.97. The molecule has 3 rings (SSSR count). The molecule has 0 amide bonds. The monoisotopic (exact) mass is 160 g/mol. The third-order valence-corrected chi connectivity index (χ3v) is 2.16. The second kappa shape index (κ2) is 1.94. The van der Waals surface area contributed by atoms with Crippen LogP contribution in [-0.2, 0) is 0 Å². The highest BCUT2D eigenvalue weighted by atomic mass is 16.5. The summed E-state index contributed by atoms with van der Waals surface area (Å²) in [5, 5.41) is 4.30. The molecule has 0 bridgehead atoms. The van der Waals surface area contributed by atoms with Crippen molar-refractivity contribution in [1.29, 1.82) is 0 Å². The van der Waals surface area contributed by atoms with Crippen molar-refractivity contribution in [2.24, 2.45) is 0 Å². The summed E-state index contributed by atoms with van der Waals surface area (Å²) in [6.45, 7) is 0.583. The van der Waals surface area contributed by atoms with Crippen LogP contribution < -0.4 is 10.1 Å². The van der Waals surface area contributed by atoms with E-state index in [9.17, 15) is 0 Å². The summed E-state index contributed by atoms with van der Waals surface area (Å²) < 4.78 is 5.44. The molecule has 1 aliphatic heterocycles. The lowest BCUT2D eigenvalue weighted by molar-refractivity contribution is 0.376. The fraction of sp³-hybridized carbons (Fsp3) is 0.111. The highest BCUT2D eigenvalue weighted by Gasteiger charge is 2.14. The number of ether oxygens (including phenoxy) is 1. The van der Waals surface area contributed by atoms with E-state index >= 15 is 0 Å². The van der Waals surface area contributed by atoms with Gasteiger partial charge < -0.3 is 15.0 Å². The molecule has 3 heteroatoms. The van der Waals surface area contributed by atoms with Crippen LogP contribution in [0.15, 0.2) is 24.4 Å². The van der Waals surface area contributed by atoms with E-state index in [4.69, 9.17) is 4.74 Å². The molecule has 0 spiro atoms. The second-order valence-electron chi connectivity index (χ2n) is 2.85. The summed E-state index contributed by atoms with van der Waals surface area (Å²) in [6, 6.07) is 6.11. The van der Waals surface area contributed by atoms with Gasteiger partial charge in [-0.3, -0.25) is 0 Å². The number of nitrogens with one attached hydrogen (secondary N) is 2. The van der Waals surface area contributed by atoms with Crippen LogP contribution in [0.1, 0.15) is 0 Å². The van der Waals surface area contributed by atoms with Crippen LogP contribution in [0.4, 0.5) is 5.69 Å². The molecule has 12 heavy (non-hydrogen) atoms. The van der Waals surface area contributed by atoms with Crippen molar-refractivity contribution in [2.45, 2.75) is 0 Å². The van der Waals surface area contributed by atoms with Crippen LogP contribution in [0, 0.1) is 0 Å². The Morgan fingerprint density at radius 3 is 3.25 bits per heavy atom. The molecule has 60 valence electrons. The third-order valence-electron chi connectivity index (χ3n) is 2.16. The van der Waals surface area contributed by atoms with Gasteiger partial charge in [0.05, 0.1) is 5.69 Å². The highest BCUT2D eigenvalue weighted by molar-refractivity contribution is 5.92. The van der Waals surface area contributed by atoms with Crippen LogP contribution in [-0.4, -0.2) is 11.7 Å². The number of rotatable bonds is 0. The van der Waals surface area contributed by atoms with Gasteiger partial charge in [0.1, 0.15) is 0 Å². The molecule has 0 atom stereocenters. The van der Waals surface area contributed by atoms with Gasteiger partial charge in [0.15, 0.2) is 12.5 Å². The lowest BCUT2D eigenvalue weighted by Crippen LogP contribution is -1.96. The molecule has 2 heterocycles. The van der Waals surface area contributed by atoms with Gasteiger partial charge in [0, 0.05) is 17.1 Å². The van der Waals surface area contributed by atoms with E-state index in [2.05, 4.69) is 16.4 Å². The SMILES string of the molecule is c1cc2c3c(ccc2[nH]1)NCO3. The third kappa shape index (κ3) is 0.605. The number of fused-ring (bicyclic) bond motifs is 3. The Hall–Kier alpha value is -1.64. The Balaban J connectivity index is 2.46. The Morgan fingerprint density at radius 2 is 2.25 bits per heavy atom. The Labute approximate surface area is 69.3 Å². The maximum absolute atomic E-state index is 5.44. The molecule has 2 N–H and O–H groups in total. The summed E-state index contributed by atoms with van der Waals surface area (Å²) in [7, 11) is 0. The zero-order chi connectivity index (χ0) is 7.97. The Morgan fingerprint density at radius 1 is 1.25 bits per heavy atom. The molecule has 0 aliphatic carbocycles. The van der Waals surface area contributed by atoms with Crippen molar-refractivity contribution in [2.75, 3.05) is 12.0 Å². The van der Waals surface area contributed by atoms with Gasteiger partial charge >= 0.3 is 0 Å². The Kier molecular flexibility index (Phi) is 0.961. The average Bonchev–Trinajstić information content (AvgIpc) is 2.71. The molecule has 0 radical (unpaired) electrons.